The van der Waals surface area contributed by atoms with Crippen LogP contribution < -0.4 is 11.1 Å². The zero-order valence-corrected chi connectivity index (χ0v) is 8.68. The number of hydrogen-bond donors (Lipinski definition) is 2. The van der Waals surface area contributed by atoms with Gasteiger partial charge in [-0.15, -0.1) is 0 Å². The number of amides is 1. The van der Waals surface area contributed by atoms with Crippen LogP contribution in [0.2, 0.25) is 0 Å². The van der Waals surface area contributed by atoms with Crippen LogP contribution in [0.15, 0.2) is 12.3 Å². The lowest BCUT2D eigenvalue weighted by atomic mass is 10.2. The molecule has 3 N–H and O–H groups in total. The van der Waals surface area contributed by atoms with Gasteiger partial charge < -0.3 is 11.1 Å². The normalized spacial score (nSPS) is 11.6. The summed E-state index contributed by atoms with van der Waals surface area (Å²) in [5, 5.41) is 1.62. The molecule has 0 atom stereocenters. The highest BCUT2D eigenvalue weighted by Crippen LogP contribution is 2.25. The van der Waals surface area contributed by atoms with Crippen molar-refractivity contribution in [3.8, 4) is 0 Å². The van der Waals surface area contributed by atoms with Crippen molar-refractivity contribution in [3.63, 3.8) is 0 Å². The molecule has 1 heterocycles. The van der Waals surface area contributed by atoms with E-state index in [0.29, 0.717) is 5.56 Å². The SMILES string of the molecule is Cc1cc(N)cnc1NC(=O)C(F)(F)C(F)F. The molecule has 0 aromatic carbocycles. The molecule has 1 rings (SSSR count). The predicted molar refractivity (Wildman–Crippen MR) is 53.0 cm³/mol. The largest absolute Gasteiger partial charge is 0.397 e. The minimum atomic E-state index is -4.75. The van der Waals surface area contributed by atoms with Gasteiger partial charge >= 0.3 is 18.3 Å². The van der Waals surface area contributed by atoms with Crippen LogP contribution in [0.1, 0.15) is 5.56 Å². The third-order valence-corrected chi connectivity index (χ3v) is 1.91. The van der Waals surface area contributed by atoms with Crippen molar-refractivity contribution < 1.29 is 22.4 Å². The van der Waals surface area contributed by atoms with E-state index < -0.39 is 18.3 Å². The maximum Gasteiger partial charge on any atom is 0.383 e. The highest BCUT2D eigenvalue weighted by Gasteiger charge is 2.49. The van der Waals surface area contributed by atoms with Gasteiger partial charge in [-0.05, 0) is 18.6 Å². The number of nitrogens with one attached hydrogen (secondary N) is 1. The predicted octanol–water partition coefficient (Wildman–Crippen LogP) is 1.81. The molecule has 8 heteroatoms. The number of hydrogen-bond acceptors (Lipinski definition) is 3. The van der Waals surface area contributed by atoms with Gasteiger partial charge in [-0.25, -0.2) is 13.8 Å². The standard InChI is InChI=1S/C9H9F4N3O/c1-4-2-5(14)3-15-6(4)16-8(17)9(12,13)7(10)11/h2-3,7H,14H2,1H3,(H,15,16,17). The molecule has 0 radical (unpaired) electrons. The molecule has 0 saturated carbocycles. The number of pyridine rings is 1. The van der Waals surface area contributed by atoms with E-state index in [1.807, 2.05) is 0 Å². The Morgan fingerprint density at radius 1 is 1.53 bits per heavy atom. The zero-order valence-electron chi connectivity index (χ0n) is 8.68. The number of carbonyl (C=O) groups is 1. The first-order valence-electron chi connectivity index (χ1n) is 4.44. The molecule has 0 unspecified atom stereocenters. The molecule has 0 spiro atoms. The van der Waals surface area contributed by atoms with E-state index in [1.54, 1.807) is 5.32 Å². The highest BCUT2D eigenvalue weighted by atomic mass is 19.3. The average Bonchev–Trinajstić information content (AvgIpc) is 2.21. The molecule has 1 aromatic rings. The second kappa shape index (κ2) is 4.56. The van der Waals surface area contributed by atoms with Gasteiger partial charge in [0.25, 0.3) is 0 Å². The van der Waals surface area contributed by atoms with E-state index in [-0.39, 0.29) is 11.5 Å². The van der Waals surface area contributed by atoms with Gasteiger partial charge in [-0.3, -0.25) is 4.79 Å². The number of rotatable bonds is 3. The number of nitrogens with two attached hydrogens (primary N) is 1. The summed E-state index contributed by atoms with van der Waals surface area (Å²) in [7, 11) is 0. The van der Waals surface area contributed by atoms with Gasteiger partial charge in [-0.1, -0.05) is 0 Å². The average molecular weight is 251 g/mol. The number of halogens is 4. The number of nitrogen functional groups attached to an aromatic ring is 1. The Hall–Kier alpha value is -1.86. The van der Waals surface area contributed by atoms with Crippen LogP contribution in [-0.4, -0.2) is 23.2 Å². The maximum atomic E-state index is 12.6. The molecule has 0 fully saturated rings. The van der Waals surface area contributed by atoms with Crippen molar-refractivity contribution in [2.75, 3.05) is 11.1 Å². The minimum absolute atomic E-state index is 0.232. The molecule has 0 aliphatic heterocycles. The molecule has 4 nitrogen and oxygen atoms in total. The van der Waals surface area contributed by atoms with E-state index in [4.69, 9.17) is 5.73 Å². The first-order chi connectivity index (χ1) is 7.75. The fourth-order valence-electron chi connectivity index (χ4n) is 1.02. The lowest BCUT2D eigenvalue weighted by Crippen LogP contribution is -2.41. The Morgan fingerprint density at radius 2 is 2.12 bits per heavy atom. The fourth-order valence-corrected chi connectivity index (χ4v) is 1.02. The summed E-state index contributed by atoms with van der Waals surface area (Å²) in [4.78, 5) is 14.5. The minimum Gasteiger partial charge on any atom is -0.397 e. The number of carbonyl (C=O) groups excluding carboxylic acids is 1. The number of anilines is 2. The van der Waals surface area contributed by atoms with Gasteiger partial charge in [-0.2, -0.15) is 8.78 Å². The Morgan fingerprint density at radius 3 is 2.59 bits per heavy atom. The monoisotopic (exact) mass is 251 g/mol. The second-order valence-electron chi connectivity index (χ2n) is 3.31. The lowest BCUT2D eigenvalue weighted by molar-refractivity contribution is -0.163. The van der Waals surface area contributed by atoms with Crippen LogP contribution in [0, 0.1) is 6.92 Å². The van der Waals surface area contributed by atoms with Crippen molar-refractivity contribution in [2.45, 2.75) is 19.3 Å². The van der Waals surface area contributed by atoms with Crippen molar-refractivity contribution in [3.05, 3.63) is 17.8 Å². The van der Waals surface area contributed by atoms with Crippen LogP contribution in [0.4, 0.5) is 29.1 Å². The molecule has 1 aromatic heterocycles. The molecule has 0 saturated heterocycles. The van der Waals surface area contributed by atoms with E-state index >= 15 is 0 Å². The number of aromatic nitrogens is 1. The topological polar surface area (TPSA) is 68.0 Å². The molecule has 0 aliphatic carbocycles. The van der Waals surface area contributed by atoms with Gasteiger partial charge in [0, 0.05) is 0 Å². The first kappa shape index (κ1) is 13.2. The van der Waals surface area contributed by atoms with E-state index in [0.717, 1.165) is 6.20 Å². The van der Waals surface area contributed by atoms with Gasteiger partial charge in [0.05, 0.1) is 11.9 Å². The summed E-state index contributed by atoms with van der Waals surface area (Å²) in [6.07, 6.45) is -2.96. The Labute approximate surface area is 93.8 Å². The molecular formula is C9H9F4N3O. The van der Waals surface area contributed by atoms with Gasteiger partial charge in [0.1, 0.15) is 5.82 Å². The number of aryl methyl sites for hydroxylation is 1. The Kier molecular flexibility index (Phi) is 3.54. The summed E-state index contributed by atoms with van der Waals surface area (Å²) < 4.78 is 49.0. The summed E-state index contributed by atoms with van der Waals surface area (Å²) in [5.41, 5.74) is 5.91. The fraction of sp³-hybridized carbons (Fsp3) is 0.333. The molecule has 17 heavy (non-hydrogen) atoms. The molecule has 94 valence electrons. The summed E-state index contributed by atoms with van der Waals surface area (Å²) in [6, 6.07) is 1.36. The van der Waals surface area contributed by atoms with E-state index in [1.165, 1.54) is 13.0 Å². The first-order valence-corrected chi connectivity index (χ1v) is 4.44. The molecule has 0 aliphatic rings. The van der Waals surface area contributed by atoms with Crippen molar-refractivity contribution >= 4 is 17.4 Å². The Bertz CT molecular complexity index is 436. The smallest absolute Gasteiger partial charge is 0.383 e. The van der Waals surface area contributed by atoms with Crippen LogP contribution in [-0.2, 0) is 4.79 Å². The maximum absolute atomic E-state index is 12.6. The van der Waals surface area contributed by atoms with Crippen LogP contribution in [0.3, 0.4) is 0 Å². The number of alkyl halides is 4. The summed E-state index contributed by atoms with van der Waals surface area (Å²) in [5.74, 6) is -7.09. The lowest BCUT2D eigenvalue weighted by Gasteiger charge is -2.15. The van der Waals surface area contributed by atoms with Crippen LogP contribution in [0.25, 0.3) is 0 Å². The van der Waals surface area contributed by atoms with Crippen LogP contribution >= 0.6 is 0 Å². The number of nitrogens with zero attached hydrogens (tertiary/aromatic N) is 1. The Balaban J connectivity index is 2.89. The van der Waals surface area contributed by atoms with Crippen molar-refractivity contribution in [1.29, 1.82) is 0 Å². The zero-order chi connectivity index (χ0) is 13.2. The quantitative estimate of drug-likeness (QED) is 0.805. The molecular weight excluding hydrogens is 242 g/mol. The van der Waals surface area contributed by atoms with Crippen molar-refractivity contribution in [2.24, 2.45) is 0 Å². The van der Waals surface area contributed by atoms with Crippen molar-refractivity contribution in [1.82, 2.24) is 4.98 Å². The van der Waals surface area contributed by atoms with E-state index in [9.17, 15) is 22.4 Å². The van der Waals surface area contributed by atoms with Crippen LogP contribution in [0.5, 0.6) is 0 Å². The third kappa shape index (κ3) is 2.83. The summed E-state index contributed by atoms with van der Waals surface area (Å²) >= 11 is 0. The molecule has 0 bridgehead atoms. The second-order valence-corrected chi connectivity index (χ2v) is 3.31. The van der Waals surface area contributed by atoms with E-state index in [2.05, 4.69) is 4.98 Å². The molecule has 1 amide bonds. The summed E-state index contributed by atoms with van der Waals surface area (Å²) in [6.45, 7) is 1.44. The van der Waals surface area contributed by atoms with Gasteiger partial charge in [0.15, 0.2) is 0 Å². The highest BCUT2D eigenvalue weighted by molar-refractivity contribution is 5.96. The third-order valence-electron chi connectivity index (χ3n) is 1.91. The van der Waals surface area contributed by atoms with Gasteiger partial charge in [0.2, 0.25) is 0 Å².